The second-order valence-corrected chi connectivity index (χ2v) is 9.29. The van der Waals surface area contributed by atoms with Crippen LogP contribution in [0.5, 0.6) is 0 Å². The predicted octanol–water partition coefficient (Wildman–Crippen LogP) is 2.46. The van der Waals surface area contributed by atoms with E-state index in [0.29, 0.717) is 5.56 Å². The molecule has 0 radical (unpaired) electrons. The molecular weight excluding hydrogens is 378 g/mol. The van der Waals surface area contributed by atoms with Crippen LogP contribution in [0.1, 0.15) is 52.6 Å². The van der Waals surface area contributed by atoms with E-state index in [9.17, 15) is 18.0 Å². The van der Waals surface area contributed by atoms with Crippen molar-refractivity contribution in [2.24, 2.45) is 0 Å². The minimum absolute atomic E-state index is 0.0317. The van der Waals surface area contributed by atoms with Crippen molar-refractivity contribution in [1.82, 2.24) is 15.6 Å². The Morgan fingerprint density at radius 3 is 2.14 bits per heavy atom. The van der Waals surface area contributed by atoms with Crippen LogP contribution in [0.25, 0.3) is 0 Å². The minimum atomic E-state index is -3.78. The fourth-order valence-electron chi connectivity index (χ4n) is 2.59. The molecule has 7 nitrogen and oxygen atoms in total. The Kier molecular flexibility index (Phi) is 6.26. The van der Waals surface area contributed by atoms with Crippen LogP contribution in [0.4, 0.5) is 0 Å². The Hall–Kier alpha value is -2.71. The SMILES string of the molecule is Cc1ccc(C(=O)NNC(=O)c2cccc(S(=O)(=O)NC(C)(C)C)c2)c(C)c1. The van der Waals surface area contributed by atoms with Gasteiger partial charge in [0.15, 0.2) is 0 Å². The second kappa shape index (κ2) is 8.12. The minimum Gasteiger partial charge on any atom is -0.267 e. The number of hydrazine groups is 1. The van der Waals surface area contributed by atoms with Crippen molar-refractivity contribution in [2.45, 2.75) is 45.1 Å². The Morgan fingerprint density at radius 2 is 1.54 bits per heavy atom. The highest BCUT2D eigenvalue weighted by Crippen LogP contribution is 2.15. The van der Waals surface area contributed by atoms with Gasteiger partial charge in [-0.05, 0) is 64.4 Å². The zero-order chi connectivity index (χ0) is 21.1. The van der Waals surface area contributed by atoms with Gasteiger partial charge in [-0.25, -0.2) is 13.1 Å². The summed E-state index contributed by atoms with van der Waals surface area (Å²) in [5.74, 6) is -1.07. The third-order valence-electron chi connectivity index (χ3n) is 3.76. The molecule has 0 bridgehead atoms. The fraction of sp³-hybridized carbons (Fsp3) is 0.300. The molecule has 28 heavy (non-hydrogen) atoms. The Bertz CT molecular complexity index is 1010. The van der Waals surface area contributed by atoms with Crippen molar-refractivity contribution in [1.29, 1.82) is 0 Å². The Labute approximate surface area is 165 Å². The first kappa shape index (κ1) is 21.6. The van der Waals surface area contributed by atoms with Gasteiger partial charge < -0.3 is 0 Å². The maximum absolute atomic E-state index is 12.4. The normalized spacial score (nSPS) is 11.8. The zero-order valence-electron chi connectivity index (χ0n) is 16.6. The summed E-state index contributed by atoms with van der Waals surface area (Å²) in [6.07, 6.45) is 0. The highest BCUT2D eigenvalue weighted by Gasteiger charge is 2.23. The number of aryl methyl sites for hydroxylation is 2. The molecule has 0 saturated carbocycles. The number of amides is 2. The number of rotatable bonds is 4. The number of hydrogen-bond acceptors (Lipinski definition) is 4. The van der Waals surface area contributed by atoms with Crippen molar-refractivity contribution in [3.05, 3.63) is 64.7 Å². The molecule has 0 aliphatic rings. The molecule has 0 saturated heterocycles. The molecule has 0 aliphatic heterocycles. The van der Waals surface area contributed by atoms with Crippen LogP contribution in [0.2, 0.25) is 0 Å². The lowest BCUT2D eigenvalue weighted by Gasteiger charge is -2.20. The summed E-state index contributed by atoms with van der Waals surface area (Å²) < 4.78 is 27.4. The average Bonchev–Trinajstić information content (AvgIpc) is 2.57. The lowest BCUT2D eigenvalue weighted by atomic mass is 10.1. The topological polar surface area (TPSA) is 104 Å². The fourth-order valence-corrected chi connectivity index (χ4v) is 4.05. The maximum atomic E-state index is 12.4. The highest BCUT2D eigenvalue weighted by molar-refractivity contribution is 7.89. The number of carbonyl (C=O) groups excluding carboxylic acids is 2. The van der Waals surface area contributed by atoms with Gasteiger partial charge in [0, 0.05) is 16.7 Å². The molecule has 150 valence electrons. The number of hydrogen-bond donors (Lipinski definition) is 3. The highest BCUT2D eigenvalue weighted by atomic mass is 32.2. The van der Waals surface area contributed by atoms with Gasteiger partial charge in [-0.15, -0.1) is 0 Å². The summed E-state index contributed by atoms with van der Waals surface area (Å²) in [5.41, 5.74) is 6.37. The molecule has 0 unspecified atom stereocenters. The predicted molar refractivity (Wildman–Crippen MR) is 107 cm³/mol. The third-order valence-corrected chi connectivity index (χ3v) is 5.52. The van der Waals surface area contributed by atoms with Gasteiger partial charge in [-0.2, -0.15) is 0 Å². The molecule has 0 atom stereocenters. The molecule has 2 aromatic carbocycles. The number of benzene rings is 2. The van der Waals surface area contributed by atoms with Gasteiger partial charge in [0.25, 0.3) is 11.8 Å². The molecule has 2 rings (SSSR count). The number of nitrogens with one attached hydrogen (secondary N) is 3. The standard InChI is InChI=1S/C20H25N3O4S/c1-13-9-10-17(14(2)11-13)19(25)22-21-18(24)15-7-6-8-16(12-15)28(26,27)23-20(3,4)5/h6-12,23H,1-5H3,(H,21,24)(H,22,25). The van der Waals surface area contributed by atoms with Crippen LogP contribution in [0.15, 0.2) is 47.4 Å². The van der Waals surface area contributed by atoms with Crippen molar-refractivity contribution < 1.29 is 18.0 Å². The van der Waals surface area contributed by atoms with Gasteiger partial charge in [0.1, 0.15) is 0 Å². The first-order chi connectivity index (χ1) is 12.9. The van der Waals surface area contributed by atoms with Crippen LogP contribution in [-0.4, -0.2) is 25.8 Å². The lowest BCUT2D eigenvalue weighted by molar-refractivity contribution is 0.0846. The summed E-state index contributed by atoms with van der Waals surface area (Å²) in [6.45, 7) is 8.91. The summed E-state index contributed by atoms with van der Waals surface area (Å²) >= 11 is 0. The molecule has 0 heterocycles. The summed E-state index contributed by atoms with van der Waals surface area (Å²) in [4.78, 5) is 24.6. The van der Waals surface area contributed by atoms with Gasteiger partial charge in [-0.3, -0.25) is 20.4 Å². The van der Waals surface area contributed by atoms with E-state index in [1.165, 1.54) is 24.3 Å². The van der Waals surface area contributed by atoms with Crippen LogP contribution in [-0.2, 0) is 10.0 Å². The van der Waals surface area contributed by atoms with Gasteiger partial charge >= 0.3 is 0 Å². The number of sulfonamides is 1. The summed E-state index contributed by atoms with van der Waals surface area (Å²) in [5, 5.41) is 0. The number of carbonyl (C=O) groups is 2. The molecule has 0 aromatic heterocycles. The molecule has 0 spiro atoms. The van der Waals surface area contributed by atoms with Crippen LogP contribution in [0, 0.1) is 13.8 Å². The van der Waals surface area contributed by atoms with Gasteiger partial charge in [0.2, 0.25) is 10.0 Å². The van der Waals surface area contributed by atoms with Crippen molar-refractivity contribution in [3.8, 4) is 0 Å². The van der Waals surface area contributed by atoms with Gasteiger partial charge in [0.05, 0.1) is 4.90 Å². The first-order valence-corrected chi connectivity index (χ1v) is 10.2. The summed E-state index contributed by atoms with van der Waals surface area (Å²) in [7, 11) is -3.78. The van der Waals surface area contributed by atoms with Gasteiger partial charge in [-0.1, -0.05) is 23.8 Å². The van der Waals surface area contributed by atoms with Crippen molar-refractivity contribution >= 4 is 21.8 Å². The van der Waals surface area contributed by atoms with E-state index in [1.54, 1.807) is 39.8 Å². The van der Waals surface area contributed by atoms with E-state index in [1.807, 2.05) is 13.0 Å². The molecule has 3 N–H and O–H groups in total. The zero-order valence-corrected chi connectivity index (χ0v) is 17.4. The average molecular weight is 404 g/mol. The van der Waals surface area contributed by atoms with E-state index in [0.717, 1.165) is 11.1 Å². The molecular formula is C20H25N3O4S. The van der Waals surface area contributed by atoms with E-state index in [2.05, 4.69) is 15.6 Å². The maximum Gasteiger partial charge on any atom is 0.269 e. The second-order valence-electron chi connectivity index (χ2n) is 7.61. The van der Waals surface area contributed by atoms with Crippen LogP contribution in [0.3, 0.4) is 0 Å². The molecule has 0 fully saturated rings. The van der Waals surface area contributed by atoms with Crippen LogP contribution < -0.4 is 15.6 Å². The first-order valence-electron chi connectivity index (χ1n) is 8.71. The lowest BCUT2D eigenvalue weighted by Crippen LogP contribution is -2.42. The quantitative estimate of drug-likeness (QED) is 0.682. The Balaban J connectivity index is 2.12. The third kappa shape index (κ3) is 5.64. The Morgan fingerprint density at radius 1 is 0.893 bits per heavy atom. The van der Waals surface area contributed by atoms with Crippen molar-refractivity contribution in [3.63, 3.8) is 0 Å². The molecule has 0 aliphatic carbocycles. The molecule has 2 amide bonds. The smallest absolute Gasteiger partial charge is 0.267 e. The van der Waals surface area contributed by atoms with E-state index in [-0.39, 0.29) is 10.5 Å². The van der Waals surface area contributed by atoms with E-state index >= 15 is 0 Å². The van der Waals surface area contributed by atoms with E-state index < -0.39 is 27.4 Å². The monoisotopic (exact) mass is 403 g/mol. The largest absolute Gasteiger partial charge is 0.269 e. The molecule has 2 aromatic rings. The molecule has 8 heteroatoms. The van der Waals surface area contributed by atoms with Crippen LogP contribution >= 0.6 is 0 Å². The summed E-state index contributed by atoms with van der Waals surface area (Å²) in [6, 6.07) is 10.9. The van der Waals surface area contributed by atoms with Crippen molar-refractivity contribution in [2.75, 3.05) is 0 Å². The van der Waals surface area contributed by atoms with E-state index in [4.69, 9.17) is 0 Å².